The quantitative estimate of drug-likeness (QED) is 0.552. The molecular weight excluding hydrogens is 422 g/mol. The molecule has 2 heterocycles. The molecule has 2 aromatic rings. The summed E-state index contributed by atoms with van der Waals surface area (Å²) in [6, 6.07) is 6.38. The highest BCUT2D eigenvalue weighted by Crippen LogP contribution is 2.16. The van der Waals surface area contributed by atoms with Crippen LogP contribution in [0.4, 0.5) is 17.3 Å². The first kappa shape index (κ1) is 22.8. The second-order valence-electron chi connectivity index (χ2n) is 7.18. The number of aromatic nitrogens is 2. The first-order valence-corrected chi connectivity index (χ1v) is 11.8. The van der Waals surface area contributed by atoms with E-state index in [2.05, 4.69) is 20.0 Å². The lowest BCUT2D eigenvalue weighted by Gasteiger charge is -2.27. The molecule has 11 heteroatoms. The van der Waals surface area contributed by atoms with Gasteiger partial charge in [0.2, 0.25) is 21.9 Å². The number of anilines is 3. The van der Waals surface area contributed by atoms with E-state index in [-0.39, 0.29) is 30.1 Å². The molecule has 0 aliphatic carbocycles. The van der Waals surface area contributed by atoms with E-state index in [9.17, 15) is 18.0 Å². The summed E-state index contributed by atoms with van der Waals surface area (Å²) in [5.41, 5.74) is 1.81. The molecule has 10 nitrogen and oxygen atoms in total. The minimum atomic E-state index is -3.35. The topological polar surface area (TPSA) is 133 Å². The first-order chi connectivity index (χ1) is 14.8. The second-order valence-corrected chi connectivity index (χ2v) is 9.19. The molecule has 1 aliphatic heterocycles. The Morgan fingerprint density at radius 3 is 2.45 bits per heavy atom. The number of H-pyrrole nitrogens is 1. The number of aromatic amines is 1. The van der Waals surface area contributed by atoms with Crippen molar-refractivity contribution in [1.82, 2.24) is 9.97 Å². The molecule has 1 aromatic carbocycles. The molecule has 3 rings (SSSR count). The lowest BCUT2D eigenvalue weighted by Crippen LogP contribution is -2.38. The van der Waals surface area contributed by atoms with Crippen molar-refractivity contribution in [1.29, 1.82) is 0 Å². The number of hydrogen-bond acceptors (Lipinski definition) is 7. The number of benzene rings is 1. The minimum absolute atomic E-state index is 0.0215. The molecule has 0 unspecified atom stereocenters. The van der Waals surface area contributed by atoms with Gasteiger partial charge in [-0.2, -0.15) is 0 Å². The average Bonchev–Trinajstić information content (AvgIpc) is 2.75. The van der Waals surface area contributed by atoms with Crippen LogP contribution in [0.2, 0.25) is 0 Å². The van der Waals surface area contributed by atoms with Crippen molar-refractivity contribution in [2.24, 2.45) is 0 Å². The predicted octanol–water partition coefficient (Wildman–Crippen LogP) is 1.25. The van der Waals surface area contributed by atoms with Crippen molar-refractivity contribution in [2.75, 3.05) is 47.0 Å². The highest BCUT2D eigenvalue weighted by molar-refractivity contribution is 7.92. The number of aryl methyl sites for hydroxylation is 1. The molecule has 1 amide bonds. The van der Waals surface area contributed by atoms with Crippen LogP contribution in [0, 0.1) is 6.92 Å². The predicted molar refractivity (Wildman–Crippen MR) is 119 cm³/mol. The average molecular weight is 450 g/mol. The van der Waals surface area contributed by atoms with Crippen molar-refractivity contribution in [2.45, 2.75) is 26.7 Å². The van der Waals surface area contributed by atoms with Gasteiger partial charge in [0, 0.05) is 42.1 Å². The third kappa shape index (κ3) is 6.28. The van der Waals surface area contributed by atoms with Gasteiger partial charge in [0.1, 0.15) is 0 Å². The zero-order valence-corrected chi connectivity index (χ0v) is 18.4. The smallest absolute Gasteiger partial charge is 0.255 e. The highest BCUT2D eigenvalue weighted by atomic mass is 32.2. The summed E-state index contributed by atoms with van der Waals surface area (Å²) in [6.45, 7) is 5.84. The zero-order chi connectivity index (χ0) is 22.4. The SMILES string of the molecule is CCS(=O)(=O)Nc1ccc(NC(=O)CCc2c(C)nc(N3CCOCC3)[nH]c2=O)cc1. The molecule has 0 saturated carbocycles. The van der Waals surface area contributed by atoms with E-state index in [0.29, 0.717) is 54.9 Å². The third-order valence-corrected chi connectivity index (χ3v) is 6.25. The van der Waals surface area contributed by atoms with Gasteiger partial charge >= 0.3 is 0 Å². The number of nitrogens with zero attached hydrogens (tertiary/aromatic N) is 2. The number of nitrogens with one attached hydrogen (secondary N) is 3. The van der Waals surface area contributed by atoms with Crippen LogP contribution < -0.4 is 20.5 Å². The van der Waals surface area contributed by atoms with Gasteiger partial charge in [-0.05, 0) is 44.5 Å². The van der Waals surface area contributed by atoms with Crippen molar-refractivity contribution in [3.8, 4) is 0 Å². The maximum Gasteiger partial charge on any atom is 0.255 e. The van der Waals surface area contributed by atoms with Gasteiger partial charge in [0.25, 0.3) is 5.56 Å². The Morgan fingerprint density at radius 2 is 1.84 bits per heavy atom. The number of amides is 1. The number of carbonyl (C=O) groups is 1. The first-order valence-electron chi connectivity index (χ1n) is 10.1. The summed E-state index contributed by atoms with van der Waals surface area (Å²) in [6.07, 6.45) is 0.379. The standard InChI is InChI=1S/C20H27N5O5S/c1-3-31(28,29)24-16-6-4-15(5-7-16)22-18(26)9-8-17-14(2)21-20(23-19(17)27)25-10-12-30-13-11-25/h4-7,24H,3,8-13H2,1-2H3,(H,22,26)(H,21,23,27). The molecule has 1 fully saturated rings. The Kier molecular flexibility index (Phi) is 7.29. The van der Waals surface area contributed by atoms with Crippen molar-refractivity contribution < 1.29 is 17.9 Å². The van der Waals surface area contributed by atoms with E-state index in [4.69, 9.17) is 4.74 Å². The van der Waals surface area contributed by atoms with Crippen molar-refractivity contribution >= 4 is 33.3 Å². The Morgan fingerprint density at radius 1 is 1.19 bits per heavy atom. The Balaban J connectivity index is 1.57. The molecule has 1 aromatic heterocycles. The largest absolute Gasteiger partial charge is 0.378 e. The van der Waals surface area contributed by atoms with Crippen molar-refractivity contribution in [3.05, 3.63) is 45.9 Å². The zero-order valence-electron chi connectivity index (χ0n) is 17.6. The number of hydrogen-bond donors (Lipinski definition) is 3. The van der Waals surface area contributed by atoms with Gasteiger partial charge in [-0.1, -0.05) is 0 Å². The molecule has 1 aliphatic rings. The number of rotatable bonds is 8. The lowest BCUT2D eigenvalue weighted by atomic mass is 10.1. The normalized spacial score (nSPS) is 14.3. The second kappa shape index (κ2) is 9.92. The van der Waals surface area contributed by atoms with Crippen molar-refractivity contribution in [3.63, 3.8) is 0 Å². The molecular formula is C20H27N5O5S. The van der Waals surface area contributed by atoms with E-state index >= 15 is 0 Å². The summed E-state index contributed by atoms with van der Waals surface area (Å²) in [4.78, 5) is 34.1. The maximum atomic E-state index is 12.5. The van der Waals surface area contributed by atoms with Crippen LogP contribution in [-0.2, 0) is 26.0 Å². The molecule has 0 spiro atoms. The molecule has 0 bridgehead atoms. The van der Waals surface area contributed by atoms with E-state index in [1.165, 1.54) is 0 Å². The summed E-state index contributed by atoms with van der Waals surface area (Å²) in [7, 11) is -3.35. The van der Waals surface area contributed by atoms with Crippen LogP contribution in [0.5, 0.6) is 0 Å². The Labute approximate surface area is 181 Å². The van der Waals surface area contributed by atoms with Crippen LogP contribution in [-0.4, -0.2) is 56.3 Å². The van der Waals surface area contributed by atoms with Gasteiger partial charge in [-0.15, -0.1) is 0 Å². The fourth-order valence-electron chi connectivity index (χ4n) is 3.15. The molecule has 0 atom stereocenters. The van der Waals surface area contributed by atoms with Gasteiger partial charge in [-0.25, -0.2) is 13.4 Å². The van der Waals surface area contributed by atoms with Crippen LogP contribution >= 0.6 is 0 Å². The van der Waals surface area contributed by atoms with E-state index in [1.54, 1.807) is 38.1 Å². The molecule has 31 heavy (non-hydrogen) atoms. The maximum absolute atomic E-state index is 12.5. The monoisotopic (exact) mass is 449 g/mol. The summed E-state index contributed by atoms with van der Waals surface area (Å²) >= 11 is 0. The highest BCUT2D eigenvalue weighted by Gasteiger charge is 2.17. The minimum Gasteiger partial charge on any atom is -0.378 e. The Bertz CT molecular complexity index is 1080. The number of carbonyl (C=O) groups excluding carboxylic acids is 1. The van der Waals surface area contributed by atoms with E-state index in [0.717, 1.165) is 0 Å². The molecule has 0 radical (unpaired) electrons. The van der Waals surface area contributed by atoms with Gasteiger partial charge in [-0.3, -0.25) is 19.3 Å². The van der Waals surface area contributed by atoms with Gasteiger partial charge in [0.15, 0.2) is 0 Å². The third-order valence-electron chi connectivity index (χ3n) is 4.94. The van der Waals surface area contributed by atoms with Crippen LogP contribution in [0.1, 0.15) is 24.6 Å². The molecule has 168 valence electrons. The molecule has 1 saturated heterocycles. The van der Waals surface area contributed by atoms with Gasteiger partial charge < -0.3 is 15.0 Å². The van der Waals surface area contributed by atoms with E-state index in [1.807, 2.05) is 4.90 Å². The summed E-state index contributed by atoms with van der Waals surface area (Å²) < 4.78 is 30.9. The fraction of sp³-hybridized carbons (Fsp3) is 0.450. The number of sulfonamides is 1. The number of ether oxygens (including phenoxy) is 1. The molecule has 3 N–H and O–H groups in total. The summed E-state index contributed by atoms with van der Waals surface area (Å²) in [5.74, 6) is 0.252. The van der Waals surface area contributed by atoms with Crippen LogP contribution in [0.15, 0.2) is 29.1 Å². The van der Waals surface area contributed by atoms with Crippen LogP contribution in [0.3, 0.4) is 0 Å². The fourth-order valence-corrected chi connectivity index (χ4v) is 3.79. The van der Waals surface area contributed by atoms with E-state index < -0.39 is 10.0 Å². The van der Waals surface area contributed by atoms with Gasteiger partial charge in [0.05, 0.1) is 19.0 Å². The summed E-state index contributed by atoms with van der Waals surface area (Å²) in [5, 5.41) is 2.75. The van der Waals surface area contributed by atoms with Crippen LogP contribution in [0.25, 0.3) is 0 Å². The lowest BCUT2D eigenvalue weighted by molar-refractivity contribution is -0.116. The number of morpholine rings is 1. The Hall–Kier alpha value is -2.92.